The predicted octanol–water partition coefficient (Wildman–Crippen LogP) is 0.410. The fourth-order valence-electron chi connectivity index (χ4n) is 0.524. The second kappa shape index (κ2) is 2.71. The molecule has 0 saturated heterocycles. The molecule has 3 N–H and O–H groups in total. The molecule has 11 heavy (non-hydrogen) atoms. The van der Waals surface area contributed by atoms with Crippen LogP contribution in [0.2, 0.25) is 5.15 Å². The van der Waals surface area contributed by atoms with Crippen molar-refractivity contribution in [1.82, 2.24) is 9.97 Å². The first kappa shape index (κ1) is 7.74. The van der Waals surface area contributed by atoms with Crippen molar-refractivity contribution in [3.8, 4) is 0 Å². The van der Waals surface area contributed by atoms with Gasteiger partial charge < -0.3 is 10.8 Å². The highest BCUT2D eigenvalue weighted by Gasteiger charge is 2.11. The van der Waals surface area contributed by atoms with E-state index in [9.17, 15) is 4.79 Å². The number of nitrogen functional groups attached to an aromatic ring is 1. The lowest BCUT2D eigenvalue weighted by Gasteiger charge is -1.96. The first-order valence-electron chi connectivity index (χ1n) is 2.62. The number of aromatic nitrogens is 2. The number of anilines is 1. The van der Waals surface area contributed by atoms with E-state index in [-0.39, 0.29) is 16.7 Å². The summed E-state index contributed by atoms with van der Waals surface area (Å²) in [5.41, 5.74) is 4.84. The van der Waals surface area contributed by atoms with E-state index in [1.54, 1.807) is 0 Å². The molecule has 0 aliphatic rings. The zero-order valence-electron chi connectivity index (χ0n) is 5.28. The van der Waals surface area contributed by atoms with Gasteiger partial charge in [0.1, 0.15) is 5.82 Å². The summed E-state index contributed by atoms with van der Waals surface area (Å²) < 4.78 is 0. The summed E-state index contributed by atoms with van der Waals surface area (Å²) in [6.07, 6.45) is 1.19. The zero-order chi connectivity index (χ0) is 8.43. The molecule has 0 bridgehead atoms. The van der Waals surface area contributed by atoms with Crippen LogP contribution in [-0.4, -0.2) is 21.0 Å². The van der Waals surface area contributed by atoms with E-state index < -0.39 is 5.97 Å². The van der Waals surface area contributed by atoms with Gasteiger partial charge in [-0.05, 0) is 0 Å². The summed E-state index contributed by atoms with van der Waals surface area (Å²) in [4.78, 5) is 17.3. The molecule has 0 unspecified atom stereocenters. The van der Waals surface area contributed by atoms with Crippen LogP contribution in [-0.2, 0) is 0 Å². The predicted molar refractivity (Wildman–Crippen MR) is 38.4 cm³/mol. The molecule has 0 saturated carbocycles. The second-order valence-corrected chi connectivity index (χ2v) is 2.10. The van der Waals surface area contributed by atoms with Gasteiger partial charge in [0.2, 0.25) is 0 Å². The monoisotopic (exact) mass is 173 g/mol. The van der Waals surface area contributed by atoms with Crippen LogP contribution in [0.5, 0.6) is 0 Å². The molecule has 0 aliphatic heterocycles. The molecule has 0 fully saturated rings. The van der Waals surface area contributed by atoms with Gasteiger partial charge in [0.05, 0.1) is 6.20 Å². The number of nitrogens with two attached hydrogens (primary N) is 1. The minimum absolute atomic E-state index is 0.0341. The Hall–Kier alpha value is -1.36. The van der Waals surface area contributed by atoms with Crippen molar-refractivity contribution in [1.29, 1.82) is 0 Å². The van der Waals surface area contributed by atoms with Crippen molar-refractivity contribution in [2.24, 2.45) is 0 Å². The molecule has 0 amide bonds. The molecule has 1 aromatic rings. The summed E-state index contributed by atoms with van der Waals surface area (Å²) in [7, 11) is 0. The molecule has 0 spiro atoms. The lowest BCUT2D eigenvalue weighted by atomic mass is 10.4. The fourth-order valence-corrected chi connectivity index (χ4v) is 0.696. The largest absolute Gasteiger partial charge is 0.476 e. The van der Waals surface area contributed by atoms with Gasteiger partial charge in [-0.1, -0.05) is 11.6 Å². The Balaban J connectivity index is 3.23. The van der Waals surface area contributed by atoms with Crippen LogP contribution < -0.4 is 5.73 Å². The van der Waals surface area contributed by atoms with E-state index in [2.05, 4.69) is 9.97 Å². The Labute approximate surface area is 66.8 Å². The molecular weight excluding hydrogens is 170 g/mol. The average molecular weight is 174 g/mol. The summed E-state index contributed by atoms with van der Waals surface area (Å²) in [5.74, 6) is -1.21. The number of carbonyl (C=O) groups is 1. The van der Waals surface area contributed by atoms with Gasteiger partial charge >= 0.3 is 5.97 Å². The molecule has 58 valence electrons. The summed E-state index contributed by atoms with van der Waals surface area (Å²) >= 11 is 5.38. The summed E-state index contributed by atoms with van der Waals surface area (Å²) in [5, 5.41) is 8.29. The van der Waals surface area contributed by atoms with E-state index in [1.807, 2.05) is 0 Å². The van der Waals surface area contributed by atoms with E-state index in [1.165, 1.54) is 6.20 Å². The Morgan fingerprint density at radius 1 is 1.73 bits per heavy atom. The van der Waals surface area contributed by atoms with Crippen molar-refractivity contribution >= 4 is 23.4 Å². The number of rotatable bonds is 1. The lowest BCUT2D eigenvalue weighted by Crippen LogP contribution is -2.05. The quantitative estimate of drug-likeness (QED) is 0.642. The molecule has 0 aliphatic carbocycles. The van der Waals surface area contributed by atoms with Gasteiger partial charge in [-0.25, -0.2) is 14.8 Å². The number of halogens is 1. The maximum atomic E-state index is 10.3. The number of carboxylic acids is 1. The smallest absolute Gasteiger partial charge is 0.357 e. The van der Waals surface area contributed by atoms with Gasteiger partial charge in [-0.2, -0.15) is 0 Å². The van der Waals surface area contributed by atoms with Gasteiger partial charge in [-0.15, -0.1) is 0 Å². The maximum Gasteiger partial charge on any atom is 0.357 e. The van der Waals surface area contributed by atoms with E-state index in [4.69, 9.17) is 22.4 Å². The van der Waals surface area contributed by atoms with Gasteiger partial charge in [0.15, 0.2) is 10.8 Å². The summed E-state index contributed by atoms with van der Waals surface area (Å²) in [6, 6.07) is 0. The minimum Gasteiger partial charge on any atom is -0.476 e. The Morgan fingerprint density at radius 2 is 2.36 bits per heavy atom. The van der Waals surface area contributed by atoms with E-state index in [0.717, 1.165) is 0 Å². The molecule has 1 aromatic heterocycles. The van der Waals surface area contributed by atoms with Crippen LogP contribution in [0, 0.1) is 0 Å². The minimum atomic E-state index is -1.24. The highest BCUT2D eigenvalue weighted by atomic mass is 35.5. The lowest BCUT2D eigenvalue weighted by molar-refractivity contribution is 0.0690. The highest BCUT2D eigenvalue weighted by molar-refractivity contribution is 6.32. The fraction of sp³-hybridized carbons (Fsp3) is 0. The number of hydrogen-bond acceptors (Lipinski definition) is 4. The Morgan fingerprint density at radius 3 is 2.82 bits per heavy atom. The van der Waals surface area contributed by atoms with Crippen LogP contribution in [0.1, 0.15) is 10.5 Å². The van der Waals surface area contributed by atoms with Crippen molar-refractivity contribution in [3.05, 3.63) is 17.0 Å². The van der Waals surface area contributed by atoms with Crippen molar-refractivity contribution < 1.29 is 9.90 Å². The van der Waals surface area contributed by atoms with Crippen LogP contribution in [0.25, 0.3) is 0 Å². The number of aromatic carboxylic acids is 1. The molecule has 0 atom stereocenters. The van der Waals surface area contributed by atoms with Crippen LogP contribution in [0.4, 0.5) is 5.82 Å². The Kier molecular flexibility index (Phi) is 1.91. The molecule has 1 heterocycles. The average Bonchev–Trinajstić information content (AvgIpc) is 1.94. The maximum absolute atomic E-state index is 10.3. The topological polar surface area (TPSA) is 89.1 Å². The van der Waals surface area contributed by atoms with E-state index >= 15 is 0 Å². The number of nitrogens with zero attached hydrogens (tertiary/aromatic N) is 2. The number of hydrogen-bond donors (Lipinski definition) is 2. The van der Waals surface area contributed by atoms with Gasteiger partial charge in [0, 0.05) is 0 Å². The van der Waals surface area contributed by atoms with Gasteiger partial charge in [0.25, 0.3) is 0 Å². The van der Waals surface area contributed by atoms with Crippen molar-refractivity contribution in [3.63, 3.8) is 0 Å². The van der Waals surface area contributed by atoms with Gasteiger partial charge in [-0.3, -0.25) is 0 Å². The molecule has 1 rings (SSSR count). The second-order valence-electron chi connectivity index (χ2n) is 1.74. The van der Waals surface area contributed by atoms with Crippen LogP contribution in [0.15, 0.2) is 6.20 Å². The third-order valence-electron chi connectivity index (χ3n) is 0.949. The van der Waals surface area contributed by atoms with Crippen molar-refractivity contribution in [2.75, 3.05) is 5.73 Å². The molecule has 0 aromatic carbocycles. The molecule has 0 radical (unpaired) electrons. The molecular formula is C5H4ClN3O2. The summed E-state index contributed by atoms with van der Waals surface area (Å²) in [6.45, 7) is 0. The highest BCUT2D eigenvalue weighted by Crippen LogP contribution is 2.10. The SMILES string of the molecule is Nc1cnc(Cl)c(C(=O)O)n1. The van der Waals surface area contributed by atoms with Crippen molar-refractivity contribution in [2.45, 2.75) is 0 Å². The normalized spacial score (nSPS) is 9.55. The van der Waals surface area contributed by atoms with E-state index in [0.29, 0.717) is 0 Å². The Bertz CT molecular complexity index is 302. The number of carboxylic acid groups (broad SMARTS) is 1. The first-order chi connectivity index (χ1) is 5.11. The third-order valence-corrected chi connectivity index (χ3v) is 1.23. The molecule has 5 nitrogen and oxygen atoms in total. The van der Waals surface area contributed by atoms with Crippen LogP contribution >= 0.6 is 11.6 Å². The standard InChI is InChI=1S/C5H4ClN3O2/c6-4-3(5(10)11)9-2(7)1-8-4/h1H,(H2,7,9)(H,10,11). The third kappa shape index (κ3) is 1.56. The zero-order valence-corrected chi connectivity index (χ0v) is 6.04. The molecule has 6 heteroatoms. The first-order valence-corrected chi connectivity index (χ1v) is 3.00. The van der Waals surface area contributed by atoms with Crippen LogP contribution in [0.3, 0.4) is 0 Å².